The van der Waals surface area contributed by atoms with E-state index in [1.165, 1.54) is 0 Å². The van der Waals surface area contributed by atoms with Crippen molar-refractivity contribution in [3.05, 3.63) is 48.5 Å². The normalized spacial score (nSPS) is 9.80. The molecule has 0 atom stereocenters. The van der Waals surface area contributed by atoms with Crippen molar-refractivity contribution in [2.24, 2.45) is 5.73 Å². The minimum Gasteiger partial charge on any atom is -0.457 e. The van der Waals surface area contributed by atoms with Crippen LogP contribution in [-0.4, -0.2) is 10.9 Å². The highest BCUT2D eigenvalue weighted by Crippen LogP contribution is 2.27. The van der Waals surface area contributed by atoms with E-state index in [0.717, 1.165) is 0 Å². The number of anilines is 2. The van der Waals surface area contributed by atoms with Gasteiger partial charge in [0.05, 0.1) is 0 Å². The Morgan fingerprint density at radius 1 is 1.10 bits per heavy atom. The summed E-state index contributed by atoms with van der Waals surface area (Å²) in [4.78, 5) is 10.8. The molecule has 0 aliphatic heterocycles. The third kappa shape index (κ3) is 3.69. The quantitative estimate of drug-likeness (QED) is 0.595. The van der Waals surface area contributed by atoms with Gasteiger partial charge in [0, 0.05) is 23.5 Å². The van der Waals surface area contributed by atoms with Crippen LogP contribution >= 0.6 is 12.2 Å². The maximum Gasteiger partial charge on any atom is 0.276 e. The number of primary amides is 1. The van der Waals surface area contributed by atoms with E-state index in [1.807, 2.05) is 30.3 Å². The Morgan fingerprint density at radius 3 is 2.45 bits per heavy atom. The topological polar surface area (TPSA) is 90.4 Å². The second-order valence-corrected chi connectivity index (χ2v) is 4.43. The van der Waals surface area contributed by atoms with Crippen LogP contribution in [0.4, 0.5) is 11.4 Å². The summed E-state index contributed by atoms with van der Waals surface area (Å²) in [7, 11) is 0. The molecule has 2 rings (SSSR count). The van der Waals surface area contributed by atoms with E-state index in [9.17, 15) is 4.79 Å². The molecule has 0 aromatic heterocycles. The molecule has 20 heavy (non-hydrogen) atoms. The maximum atomic E-state index is 10.9. The van der Waals surface area contributed by atoms with Crippen LogP contribution in [0.5, 0.6) is 11.5 Å². The summed E-state index contributed by atoms with van der Waals surface area (Å²) < 4.78 is 5.66. The van der Waals surface area contributed by atoms with Gasteiger partial charge in [0.25, 0.3) is 5.91 Å². The van der Waals surface area contributed by atoms with Crippen molar-refractivity contribution in [2.75, 3.05) is 11.1 Å². The van der Waals surface area contributed by atoms with E-state index >= 15 is 0 Å². The second kappa shape index (κ2) is 6.03. The lowest BCUT2D eigenvalue weighted by Gasteiger charge is -2.10. The lowest BCUT2D eigenvalue weighted by Crippen LogP contribution is -2.27. The van der Waals surface area contributed by atoms with Crippen molar-refractivity contribution in [1.82, 2.24) is 0 Å². The molecular weight excluding hydrogens is 274 g/mol. The average Bonchev–Trinajstić information content (AvgIpc) is 2.39. The average molecular weight is 287 g/mol. The monoisotopic (exact) mass is 287 g/mol. The first-order chi connectivity index (χ1) is 9.54. The van der Waals surface area contributed by atoms with Gasteiger partial charge in [-0.05, 0) is 18.2 Å². The van der Waals surface area contributed by atoms with Crippen LogP contribution < -0.4 is 21.5 Å². The lowest BCUT2D eigenvalue weighted by atomic mass is 10.2. The van der Waals surface area contributed by atoms with Gasteiger partial charge in [-0.25, -0.2) is 0 Å². The highest BCUT2D eigenvalue weighted by Gasteiger charge is 2.07. The summed E-state index contributed by atoms with van der Waals surface area (Å²) in [6.45, 7) is 0. The highest BCUT2D eigenvalue weighted by atomic mass is 32.1. The predicted molar refractivity (Wildman–Crippen MR) is 82.8 cm³/mol. The Morgan fingerprint density at radius 2 is 1.80 bits per heavy atom. The highest BCUT2D eigenvalue weighted by molar-refractivity contribution is 7.82. The van der Waals surface area contributed by atoms with Gasteiger partial charge < -0.3 is 21.5 Å². The van der Waals surface area contributed by atoms with Gasteiger partial charge in [-0.2, -0.15) is 0 Å². The third-order valence-corrected chi connectivity index (χ3v) is 2.69. The smallest absolute Gasteiger partial charge is 0.276 e. The number of para-hydroxylation sites is 1. The molecule has 2 aromatic carbocycles. The van der Waals surface area contributed by atoms with Gasteiger partial charge >= 0.3 is 0 Å². The van der Waals surface area contributed by atoms with E-state index in [4.69, 9.17) is 28.4 Å². The molecule has 6 heteroatoms. The van der Waals surface area contributed by atoms with Crippen LogP contribution in [0.2, 0.25) is 0 Å². The molecule has 0 bridgehead atoms. The Hall–Kier alpha value is -2.60. The molecule has 0 radical (unpaired) electrons. The summed E-state index contributed by atoms with van der Waals surface area (Å²) in [6, 6.07) is 14.3. The standard InChI is InChI=1S/C14H13N3O2S/c15-9-6-10(17-14(20)13(16)18)8-12(7-9)19-11-4-2-1-3-5-11/h1-8H,15H2,(H2,16,18)(H,17,20). The predicted octanol–water partition coefficient (Wildman–Crippen LogP) is 2.29. The van der Waals surface area contributed by atoms with Crippen LogP contribution in [0.3, 0.4) is 0 Å². The molecule has 5 N–H and O–H groups in total. The molecule has 0 aliphatic carbocycles. The molecule has 0 aliphatic rings. The first-order valence-electron chi connectivity index (χ1n) is 5.79. The van der Waals surface area contributed by atoms with E-state index in [0.29, 0.717) is 22.9 Å². The van der Waals surface area contributed by atoms with E-state index in [1.54, 1.807) is 18.2 Å². The zero-order valence-electron chi connectivity index (χ0n) is 10.5. The molecule has 5 nitrogen and oxygen atoms in total. The number of carbonyl (C=O) groups excluding carboxylic acids is 1. The molecule has 0 saturated heterocycles. The molecule has 0 saturated carbocycles. The molecule has 0 spiro atoms. The number of nitrogens with two attached hydrogens (primary N) is 2. The van der Waals surface area contributed by atoms with Crippen molar-refractivity contribution in [2.45, 2.75) is 0 Å². The van der Waals surface area contributed by atoms with Gasteiger partial charge in [0.1, 0.15) is 11.5 Å². The molecule has 0 fully saturated rings. The van der Waals surface area contributed by atoms with Crippen LogP contribution in [-0.2, 0) is 4.79 Å². The largest absolute Gasteiger partial charge is 0.457 e. The Kier molecular flexibility index (Phi) is 4.17. The number of nitrogen functional groups attached to an aromatic ring is 1. The first-order valence-corrected chi connectivity index (χ1v) is 6.19. The van der Waals surface area contributed by atoms with Crippen LogP contribution in [0, 0.1) is 0 Å². The summed E-state index contributed by atoms with van der Waals surface area (Å²) in [5.41, 5.74) is 11.9. The van der Waals surface area contributed by atoms with Crippen molar-refractivity contribution in [3.8, 4) is 11.5 Å². The SMILES string of the molecule is NC(=O)C(=S)Nc1cc(N)cc(Oc2ccccc2)c1. The van der Waals surface area contributed by atoms with Gasteiger partial charge in [0.15, 0.2) is 4.99 Å². The number of ether oxygens (including phenoxy) is 1. The van der Waals surface area contributed by atoms with Gasteiger partial charge in [-0.3, -0.25) is 4.79 Å². The van der Waals surface area contributed by atoms with Crippen LogP contribution in [0.1, 0.15) is 0 Å². The van der Waals surface area contributed by atoms with Crippen molar-refractivity contribution in [1.29, 1.82) is 0 Å². The minimum absolute atomic E-state index is 0.0822. The van der Waals surface area contributed by atoms with E-state index in [2.05, 4.69) is 5.32 Å². The Labute approximate surface area is 121 Å². The molecule has 102 valence electrons. The number of hydrogen-bond donors (Lipinski definition) is 3. The molecule has 1 amide bonds. The summed E-state index contributed by atoms with van der Waals surface area (Å²) in [6.07, 6.45) is 0. The molecule has 0 heterocycles. The van der Waals surface area contributed by atoms with Gasteiger partial charge in [-0.15, -0.1) is 0 Å². The number of rotatable bonds is 3. The number of amides is 1. The minimum atomic E-state index is -0.701. The fourth-order valence-corrected chi connectivity index (χ4v) is 1.69. The fourth-order valence-electron chi connectivity index (χ4n) is 1.57. The van der Waals surface area contributed by atoms with Crippen LogP contribution in [0.25, 0.3) is 0 Å². The van der Waals surface area contributed by atoms with Crippen molar-refractivity contribution >= 4 is 34.5 Å². The second-order valence-electron chi connectivity index (χ2n) is 4.02. The molecule has 0 unspecified atom stereocenters. The number of carbonyl (C=O) groups is 1. The Bertz CT molecular complexity index is 644. The lowest BCUT2D eigenvalue weighted by molar-refractivity contribution is -0.111. The van der Waals surface area contributed by atoms with Crippen molar-refractivity contribution < 1.29 is 9.53 Å². The van der Waals surface area contributed by atoms with Gasteiger partial charge in [0.2, 0.25) is 0 Å². The number of thiocarbonyl (C=S) groups is 1. The summed E-state index contributed by atoms with van der Waals surface area (Å²) in [5, 5.41) is 2.71. The third-order valence-electron chi connectivity index (χ3n) is 2.39. The number of hydrogen-bond acceptors (Lipinski definition) is 4. The Balaban J connectivity index is 2.20. The summed E-state index contributed by atoms with van der Waals surface area (Å²) >= 11 is 4.81. The number of benzene rings is 2. The summed E-state index contributed by atoms with van der Waals surface area (Å²) in [5.74, 6) is 0.514. The van der Waals surface area contributed by atoms with E-state index in [-0.39, 0.29) is 4.99 Å². The van der Waals surface area contributed by atoms with Gasteiger partial charge in [-0.1, -0.05) is 30.4 Å². The van der Waals surface area contributed by atoms with E-state index < -0.39 is 5.91 Å². The molecule has 2 aromatic rings. The zero-order chi connectivity index (χ0) is 14.5. The number of nitrogens with one attached hydrogen (secondary N) is 1. The molecular formula is C14H13N3O2S. The van der Waals surface area contributed by atoms with Crippen LogP contribution in [0.15, 0.2) is 48.5 Å². The zero-order valence-corrected chi connectivity index (χ0v) is 11.3. The maximum absolute atomic E-state index is 10.9. The first kappa shape index (κ1) is 13.8. The van der Waals surface area contributed by atoms with Crippen molar-refractivity contribution in [3.63, 3.8) is 0 Å². The fraction of sp³-hybridized carbons (Fsp3) is 0.